The lowest BCUT2D eigenvalue weighted by atomic mass is 9.86. The van der Waals surface area contributed by atoms with Gasteiger partial charge in [0.1, 0.15) is 0 Å². The van der Waals surface area contributed by atoms with Gasteiger partial charge in [-0.1, -0.05) is 26.0 Å². The zero-order chi connectivity index (χ0) is 18.0. The molecule has 1 aliphatic heterocycles. The van der Waals surface area contributed by atoms with Crippen molar-refractivity contribution in [2.45, 2.75) is 57.5 Å². The topological polar surface area (TPSA) is 49.4 Å². The second kappa shape index (κ2) is 7.45. The summed E-state index contributed by atoms with van der Waals surface area (Å²) < 4.78 is 52.4. The van der Waals surface area contributed by atoms with Crippen LogP contribution in [-0.2, 0) is 16.6 Å². The van der Waals surface area contributed by atoms with Crippen LogP contribution in [0, 0.1) is 5.41 Å². The van der Waals surface area contributed by atoms with Crippen molar-refractivity contribution in [3.05, 3.63) is 29.8 Å². The number of nitrogens with zero attached hydrogens (tertiary/aromatic N) is 1. The van der Waals surface area contributed by atoms with Crippen molar-refractivity contribution in [1.29, 1.82) is 0 Å². The Balaban J connectivity index is 2.00. The van der Waals surface area contributed by atoms with E-state index in [9.17, 15) is 17.2 Å². The minimum Gasteiger partial charge on any atom is -0.309 e. The molecule has 1 atom stereocenters. The quantitative estimate of drug-likeness (QED) is 0.812. The zero-order valence-electron chi connectivity index (χ0n) is 14.4. The van der Waals surface area contributed by atoms with Gasteiger partial charge in [0.15, 0.2) is 0 Å². The summed E-state index contributed by atoms with van der Waals surface area (Å²) in [7, 11) is -3.41. The molecule has 1 fully saturated rings. The predicted octanol–water partition coefficient (Wildman–Crippen LogP) is 3.24. The highest BCUT2D eigenvalue weighted by molar-refractivity contribution is 7.89. The molecule has 24 heavy (non-hydrogen) atoms. The summed E-state index contributed by atoms with van der Waals surface area (Å²) in [6.45, 7) is 6.36. The van der Waals surface area contributed by atoms with Gasteiger partial charge in [-0.25, -0.2) is 17.2 Å². The summed E-state index contributed by atoms with van der Waals surface area (Å²) >= 11 is 0. The lowest BCUT2D eigenvalue weighted by Crippen LogP contribution is -2.43. The van der Waals surface area contributed by atoms with Gasteiger partial charge in [0.05, 0.1) is 4.90 Å². The molecule has 1 unspecified atom stereocenters. The summed E-state index contributed by atoms with van der Waals surface area (Å²) in [5.41, 5.74) is -0.258. The third-order valence-corrected chi connectivity index (χ3v) is 6.83. The maximum Gasteiger partial charge on any atom is 0.245 e. The summed E-state index contributed by atoms with van der Waals surface area (Å²) in [5.74, 6) is 0. The van der Waals surface area contributed by atoms with Gasteiger partial charge in [0, 0.05) is 31.1 Å². The van der Waals surface area contributed by atoms with E-state index in [-0.39, 0.29) is 10.9 Å². The number of nitrogens with one attached hydrogen (secondary N) is 1. The van der Waals surface area contributed by atoms with E-state index in [4.69, 9.17) is 0 Å². The number of halogens is 2. The third-order valence-electron chi connectivity index (χ3n) is 4.92. The van der Waals surface area contributed by atoms with E-state index >= 15 is 0 Å². The maximum atomic E-state index is 13.0. The summed E-state index contributed by atoms with van der Waals surface area (Å²) in [5, 5.41) is 3.09. The molecule has 0 amide bonds. The molecule has 136 valence electrons. The van der Waals surface area contributed by atoms with Gasteiger partial charge in [-0.15, -0.1) is 0 Å². The first-order valence-electron chi connectivity index (χ1n) is 8.26. The van der Waals surface area contributed by atoms with Crippen LogP contribution in [-0.4, -0.2) is 38.3 Å². The van der Waals surface area contributed by atoms with E-state index in [1.165, 1.54) is 18.2 Å². The highest BCUT2D eigenvalue weighted by atomic mass is 32.2. The number of alkyl halides is 2. The van der Waals surface area contributed by atoms with Gasteiger partial charge in [-0.2, -0.15) is 4.31 Å². The van der Waals surface area contributed by atoms with Crippen LogP contribution in [0.15, 0.2) is 29.2 Å². The molecule has 7 heteroatoms. The second-order valence-electron chi connectivity index (χ2n) is 6.98. The molecule has 0 spiro atoms. The van der Waals surface area contributed by atoms with Crippen LogP contribution in [0.1, 0.15) is 39.2 Å². The van der Waals surface area contributed by atoms with E-state index in [0.29, 0.717) is 19.6 Å². The van der Waals surface area contributed by atoms with Crippen molar-refractivity contribution in [1.82, 2.24) is 9.62 Å². The molecule has 1 aromatic rings. The predicted molar refractivity (Wildman–Crippen MR) is 90.5 cm³/mol. The van der Waals surface area contributed by atoms with Crippen molar-refractivity contribution >= 4 is 10.0 Å². The van der Waals surface area contributed by atoms with Gasteiger partial charge in [-0.05, 0) is 37.5 Å². The average Bonchev–Trinajstić information content (AvgIpc) is 3.08. The molecule has 1 N–H and O–H groups in total. The minimum absolute atomic E-state index is 0.286. The Kier molecular flexibility index (Phi) is 5.99. The van der Waals surface area contributed by atoms with Gasteiger partial charge >= 0.3 is 0 Å². The highest BCUT2D eigenvalue weighted by Crippen LogP contribution is 2.29. The molecule has 0 radical (unpaired) electrons. The lowest BCUT2D eigenvalue weighted by Gasteiger charge is -2.31. The number of hydrogen-bond donors (Lipinski definition) is 1. The number of sulfonamides is 1. The fourth-order valence-electron chi connectivity index (χ4n) is 2.58. The fraction of sp³-hybridized carbons (Fsp3) is 0.647. The Hall–Kier alpha value is -1.05. The van der Waals surface area contributed by atoms with Crippen LogP contribution in [0.2, 0.25) is 0 Å². The molecule has 1 heterocycles. The standard InChI is InChI=1S/C17H26F2N2O2S/c1-13(17(2,3)16(18)19)20-12-14-6-8-15(9-7-14)24(22,23)21-10-4-5-11-21/h6-9,13,16,20H,4-5,10-12H2,1-3H3. The van der Waals surface area contributed by atoms with Crippen molar-refractivity contribution in [2.24, 2.45) is 5.41 Å². The lowest BCUT2D eigenvalue weighted by molar-refractivity contribution is -0.00260. The average molecular weight is 360 g/mol. The van der Waals surface area contributed by atoms with Crippen molar-refractivity contribution in [3.8, 4) is 0 Å². The van der Waals surface area contributed by atoms with Gasteiger partial charge in [0.2, 0.25) is 16.4 Å². The Morgan fingerprint density at radius 1 is 1.17 bits per heavy atom. The first-order chi connectivity index (χ1) is 11.2. The van der Waals surface area contributed by atoms with Crippen LogP contribution in [0.5, 0.6) is 0 Å². The molecule has 0 bridgehead atoms. The summed E-state index contributed by atoms with van der Waals surface area (Å²) in [4.78, 5) is 0.286. The Morgan fingerprint density at radius 2 is 1.71 bits per heavy atom. The Labute approximate surface area is 143 Å². The zero-order valence-corrected chi connectivity index (χ0v) is 15.2. The smallest absolute Gasteiger partial charge is 0.245 e. The molecule has 0 aliphatic carbocycles. The van der Waals surface area contributed by atoms with Crippen LogP contribution in [0.3, 0.4) is 0 Å². The monoisotopic (exact) mass is 360 g/mol. The maximum absolute atomic E-state index is 13.0. The Bertz CT molecular complexity index is 639. The van der Waals surface area contributed by atoms with E-state index < -0.39 is 21.9 Å². The second-order valence-corrected chi connectivity index (χ2v) is 8.92. The van der Waals surface area contributed by atoms with Crippen LogP contribution in [0.4, 0.5) is 8.78 Å². The van der Waals surface area contributed by atoms with Gasteiger partial charge in [-0.3, -0.25) is 0 Å². The molecule has 1 aliphatic rings. The van der Waals surface area contributed by atoms with Gasteiger partial charge < -0.3 is 5.32 Å². The molecule has 0 aromatic heterocycles. The minimum atomic E-state index is -3.41. The molecule has 4 nitrogen and oxygen atoms in total. The largest absolute Gasteiger partial charge is 0.309 e. The normalized spacial score (nSPS) is 18.2. The van der Waals surface area contributed by atoms with Crippen molar-refractivity contribution in [3.63, 3.8) is 0 Å². The van der Waals surface area contributed by atoms with Crippen molar-refractivity contribution in [2.75, 3.05) is 13.1 Å². The number of rotatable bonds is 7. The SMILES string of the molecule is CC(NCc1ccc(S(=O)(=O)N2CCCC2)cc1)C(C)(C)C(F)F. The van der Waals surface area contributed by atoms with E-state index in [1.54, 1.807) is 31.2 Å². The molecule has 1 aromatic carbocycles. The molecular formula is C17H26F2N2O2S. The fourth-order valence-corrected chi connectivity index (χ4v) is 4.10. The molecule has 0 saturated carbocycles. The van der Waals surface area contributed by atoms with Crippen LogP contribution >= 0.6 is 0 Å². The number of benzene rings is 1. The molecule has 1 saturated heterocycles. The first-order valence-corrected chi connectivity index (χ1v) is 9.70. The van der Waals surface area contributed by atoms with E-state index in [0.717, 1.165) is 18.4 Å². The van der Waals surface area contributed by atoms with Crippen LogP contribution in [0.25, 0.3) is 0 Å². The molecule has 2 rings (SSSR count). The van der Waals surface area contributed by atoms with Crippen molar-refractivity contribution < 1.29 is 17.2 Å². The highest BCUT2D eigenvalue weighted by Gasteiger charge is 2.35. The van der Waals surface area contributed by atoms with E-state index in [1.807, 2.05) is 0 Å². The first kappa shape index (κ1) is 19.3. The Morgan fingerprint density at radius 3 is 2.21 bits per heavy atom. The van der Waals surface area contributed by atoms with Crippen LogP contribution < -0.4 is 5.32 Å². The summed E-state index contributed by atoms with van der Waals surface area (Å²) in [6, 6.07) is 6.28. The van der Waals surface area contributed by atoms with E-state index in [2.05, 4.69) is 5.32 Å². The molecular weight excluding hydrogens is 334 g/mol. The van der Waals surface area contributed by atoms with Gasteiger partial charge in [0.25, 0.3) is 0 Å². The summed E-state index contributed by atoms with van der Waals surface area (Å²) in [6.07, 6.45) is -0.606. The number of hydrogen-bond acceptors (Lipinski definition) is 3. The third kappa shape index (κ3) is 4.13.